The standard InChI is InChI=1S/C14H24N2O2S2/c1-4-12(7-11-5-6-11)16-20(17,18)14-10(2)9-19-13(14)8-15-3/h9,11-12,15-16H,4-8H2,1-3H3. The number of sulfonamides is 1. The monoisotopic (exact) mass is 316 g/mol. The third kappa shape index (κ3) is 3.81. The number of thiophene rings is 1. The summed E-state index contributed by atoms with van der Waals surface area (Å²) in [5, 5.41) is 4.96. The summed E-state index contributed by atoms with van der Waals surface area (Å²) in [4.78, 5) is 1.37. The van der Waals surface area contributed by atoms with Gasteiger partial charge in [0.05, 0.1) is 0 Å². The molecule has 2 N–H and O–H groups in total. The Morgan fingerprint density at radius 1 is 1.45 bits per heavy atom. The van der Waals surface area contributed by atoms with Crippen LogP contribution >= 0.6 is 11.3 Å². The smallest absolute Gasteiger partial charge is 0.242 e. The van der Waals surface area contributed by atoms with E-state index in [2.05, 4.69) is 10.0 Å². The molecule has 1 aromatic heterocycles. The van der Waals surface area contributed by atoms with Gasteiger partial charge in [-0.1, -0.05) is 19.8 Å². The maximum Gasteiger partial charge on any atom is 0.242 e. The first-order valence-corrected chi connectivity index (χ1v) is 9.58. The molecule has 1 fully saturated rings. The van der Waals surface area contributed by atoms with E-state index in [-0.39, 0.29) is 6.04 Å². The van der Waals surface area contributed by atoms with Crippen LogP contribution in [0.25, 0.3) is 0 Å². The van der Waals surface area contributed by atoms with E-state index in [1.165, 1.54) is 24.2 Å². The normalized spacial score (nSPS) is 17.4. The lowest BCUT2D eigenvalue weighted by Gasteiger charge is -2.17. The van der Waals surface area contributed by atoms with Crippen molar-refractivity contribution in [2.75, 3.05) is 7.05 Å². The zero-order chi connectivity index (χ0) is 14.8. The van der Waals surface area contributed by atoms with Gasteiger partial charge in [-0.15, -0.1) is 11.3 Å². The van der Waals surface area contributed by atoms with Crippen molar-refractivity contribution in [3.63, 3.8) is 0 Å². The molecule has 2 rings (SSSR count). The van der Waals surface area contributed by atoms with Gasteiger partial charge in [0, 0.05) is 17.5 Å². The summed E-state index contributed by atoms with van der Waals surface area (Å²) in [7, 11) is -1.58. The van der Waals surface area contributed by atoms with Crippen LogP contribution in [0.5, 0.6) is 0 Å². The Bertz CT molecular complexity index is 548. The first-order chi connectivity index (χ1) is 9.47. The van der Waals surface area contributed by atoms with Gasteiger partial charge in [-0.2, -0.15) is 0 Å². The van der Waals surface area contributed by atoms with Crippen molar-refractivity contribution in [1.29, 1.82) is 0 Å². The van der Waals surface area contributed by atoms with E-state index in [0.29, 0.717) is 11.4 Å². The molecule has 0 saturated heterocycles. The fraction of sp³-hybridized carbons (Fsp3) is 0.714. The molecule has 6 heteroatoms. The Balaban J connectivity index is 2.17. The molecule has 1 unspecified atom stereocenters. The van der Waals surface area contributed by atoms with Crippen LogP contribution in [0.3, 0.4) is 0 Å². The minimum atomic E-state index is -3.41. The van der Waals surface area contributed by atoms with E-state index in [1.807, 2.05) is 26.3 Å². The molecule has 0 bridgehead atoms. The highest BCUT2D eigenvalue weighted by Gasteiger charge is 2.29. The predicted molar refractivity (Wildman–Crippen MR) is 83.6 cm³/mol. The molecule has 0 aliphatic heterocycles. The highest BCUT2D eigenvalue weighted by molar-refractivity contribution is 7.89. The Kier molecular flexibility index (Phi) is 5.23. The Labute approximate surface area is 126 Å². The molecular formula is C14H24N2O2S2. The number of hydrogen-bond donors (Lipinski definition) is 2. The van der Waals surface area contributed by atoms with Crippen LogP contribution in [-0.4, -0.2) is 21.5 Å². The van der Waals surface area contributed by atoms with Crippen LogP contribution < -0.4 is 10.0 Å². The maximum atomic E-state index is 12.6. The molecule has 0 aromatic carbocycles. The molecule has 1 saturated carbocycles. The second-order valence-corrected chi connectivity index (χ2v) is 8.22. The number of hydrogen-bond acceptors (Lipinski definition) is 4. The van der Waals surface area contributed by atoms with E-state index in [1.54, 1.807) is 0 Å². The van der Waals surface area contributed by atoms with Crippen molar-refractivity contribution in [3.05, 3.63) is 15.8 Å². The van der Waals surface area contributed by atoms with Crippen LogP contribution in [0.1, 0.15) is 43.0 Å². The molecule has 1 heterocycles. The summed E-state index contributed by atoms with van der Waals surface area (Å²) in [6.07, 6.45) is 4.32. The quantitative estimate of drug-likeness (QED) is 0.775. The molecular weight excluding hydrogens is 292 g/mol. The molecule has 1 aliphatic carbocycles. The minimum absolute atomic E-state index is 0.0641. The van der Waals surface area contributed by atoms with E-state index < -0.39 is 10.0 Å². The molecule has 1 atom stereocenters. The van der Waals surface area contributed by atoms with Crippen molar-refractivity contribution >= 4 is 21.4 Å². The Morgan fingerprint density at radius 3 is 2.70 bits per heavy atom. The predicted octanol–water partition coefficient (Wildman–Crippen LogP) is 2.63. The summed E-state index contributed by atoms with van der Waals surface area (Å²) < 4.78 is 28.2. The summed E-state index contributed by atoms with van der Waals surface area (Å²) in [5.41, 5.74) is 0.842. The third-order valence-electron chi connectivity index (χ3n) is 3.72. The summed E-state index contributed by atoms with van der Waals surface area (Å²) in [6.45, 7) is 4.50. The van der Waals surface area contributed by atoms with Gasteiger partial charge in [0.2, 0.25) is 10.0 Å². The second kappa shape index (κ2) is 6.56. The molecule has 114 valence electrons. The number of nitrogens with one attached hydrogen (secondary N) is 2. The van der Waals surface area contributed by atoms with E-state index in [0.717, 1.165) is 29.2 Å². The minimum Gasteiger partial charge on any atom is -0.315 e. The van der Waals surface area contributed by atoms with Crippen LogP contribution in [0.15, 0.2) is 10.3 Å². The molecule has 1 aromatic rings. The molecule has 0 radical (unpaired) electrons. The lowest BCUT2D eigenvalue weighted by Crippen LogP contribution is -2.35. The second-order valence-electron chi connectivity index (χ2n) is 5.61. The van der Waals surface area contributed by atoms with Gasteiger partial charge in [-0.3, -0.25) is 0 Å². The van der Waals surface area contributed by atoms with Crippen molar-refractivity contribution in [2.45, 2.75) is 57.0 Å². The highest BCUT2D eigenvalue weighted by Crippen LogP contribution is 2.35. The highest BCUT2D eigenvalue weighted by atomic mass is 32.2. The first-order valence-electron chi connectivity index (χ1n) is 7.21. The zero-order valence-corrected chi connectivity index (χ0v) is 14.0. The van der Waals surface area contributed by atoms with Crippen molar-refractivity contribution in [3.8, 4) is 0 Å². The van der Waals surface area contributed by atoms with E-state index in [9.17, 15) is 8.42 Å². The summed E-state index contributed by atoms with van der Waals surface area (Å²) in [6, 6.07) is 0.0641. The van der Waals surface area contributed by atoms with Crippen LogP contribution in [0.4, 0.5) is 0 Å². The summed E-state index contributed by atoms with van der Waals surface area (Å²) in [5.74, 6) is 0.725. The van der Waals surface area contributed by atoms with Crippen LogP contribution in [0, 0.1) is 12.8 Å². The van der Waals surface area contributed by atoms with Crippen molar-refractivity contribution in [1.82, 2.24) is 10.0 Å². The fourth-order valence-electron chi connectivity index (χ4n) is 2.46. The van der Waals surface area contributed by atoms with Gasteiger partial charge in [-0.05, 0) is 43.7 Å². The lowest BCUT2D eigenvalue weighted by atomic mass is 10.1. The summed E-state index contributed by atoms with van der Waals surface area (Å²) >= 11 is 1.51. The maximum absolute atomic E-state index is 12.6. The van der Waals surface area contributed by atoms with Gasteiger partial charge in [-0.25, -0.2) is 13.1 Å². The SMILES string of the molecule is CCC(CC1CC1)NS(=O)(=O)c1c(C)csc1CNC. The number of aryl methyl sites for hydroxylation is 1. The average molecular weight is 316 g/mol. The van der Waals surface area contributed by atoms with Gasteiger partial charge in [0.15, 0.2) is 0 Å². The van der Waals surface area contributed by atoms with E-state index in [4.69, 9.17) is 0 Å². The molecule has 20 heavy (non-hydrogen) atoms. The molecule has 4 nitrogen and oxygen atoms in total. The van der Waals surface area contributed by atoms with Crippen molar-refractivity contribution in [2.24, 2.45) is 5.92 Å². The Morgan fingerprint density at radius 2 is 2.15 bits per heavy atom. The van der Waals surface area contributed by atoms with Crippen LogP contribution in [-0.2, 0) is 16.6 Å². The first kappa shape index (κ1) is 15.9. The lowest BCUT2D eigenvalue weighted by molar-refractivity contribution is 0.494. The zero-order valence-electron chi connectivity index (χ0n) is 12.4. The van der Waals surface area contributed by atoms with E-state index >= 15 is 0 Å². The van der Waals surface area contributed by atoms with Crippen molar-refractivity contribution < 1.29 is 8.42 Å². The molecule has 0 spiro atoms. The largest absolute Gasteiger partial charge is 0.315 e. The molecule has 0 amide bonds. The fourth-order valence-corrected chi connectivity index (χ4v) is 5.62. The van der Waals surface area contributed by atoms with Gasteiger partial charge < -0.3 is 5.32 Å². The third-order valence-corrected chi connectivity index (χ3v) is 6.71. The average Bonchev–Trinajstić information content (AvgIpc) is 3.11. The van der Waals surface area contributed by atoms with Gasteiger partial charge in [0.1, 0.15) is 4.90 Å². The number of rotatable bonds is 8. The van der Waals surface area contributed by atoms with Gasteiger partial charge in [0.25, 0.3) is 0 Å². The topological polar surface area (TPSA) is 58.2 Å². The van der Waals surface area contributed by atoms with Gasteiger partial charge >= 0.3 is 0 Å². The van der Waals surface area contributed by atoms with Crippen LogP contribution in [0.2, 0.25) is 0 Å². The Hall–Kier alpha value is -0.430. The molecule has 1 aliphatic rings.